The van der Waals surface area contributed by atoms with E-state index in [1.807, 2.05) is 6.92 Å². The summed E-state index contributed by atoms with van der Waals surface area (Å²) in [5.74, 6) is 0.212. The highest BCUT2D eigenvalue weighted by molar-refractivity contribution is 5.79. The molecule has 0 aromatic carbocycles. The molecule has 88 valence electrons. The Kier molecular flexibility index (Phi) is 5.26. The molecule has 2 atom stereocenters. The van der Waals surface area contributed by atoms with Crippen LogP contribution in [0.1, 0.15) is 46.5 Å². The number of hydrogen-bond acceptors (Lipinski definition) is 3. The van der Waals surface area contributed by atoms with Crippen molar-refractivity contribution in [3.05, 3.63) is 0 Å². The fourth-order valence-corrected chi connectivity index (χ4v) is 2.04. The summed E-state index contributed by atoms with van der Waals surface area (Å²) >= 11 is 0. The predicted molar refractivity (Wildman–Crippen MR) is 58.9 cm³/mol. The van der Waals surface area contributed by atoms with Gasteiger partial charge < -0.3 is 9.47 Å². The van der Waals surface area contributed by atoms with Crippen LogP contribution in [0.15, 0.2) is 0 Å². The number of rotatable bonds is 5. The lowest BCUT2D eigenvalue weighted by atomic mass is 10.0. The van der Waals surface area contributed by atoms with Crippen molar-refractivity contribution < 1.29 is 14.3 Å². The molecule has 0 N–H and O–H groups in total. The normalized spacial score (nSPS) is 31.5. The molecular formula is C12H22O3. The molecule has 1 rings (SSSR count). The number of ether oxygens (including phenoxy) is 2. The van der Waals surface area contributed by atoms with Crippen LogP contribution in [-0.4, -0.2) is 30.7 Å². The molecule has 3 nitrogen and oxygen atoms in total. The monoisotopic (exact) mass is 214 g/mol. The van der Waals surface area contributed by atoms with E-state index in [9.17, 15) is 4.79 Å². The molecule has 1 aliphatic heterocycles. The summed E-state index contributed by atoms with van der Waals surface area (Å²) in [6.45, 7) is 6.40. The summed E-state index contributed by atoms with van der Waals surface area (Å²) in [6, 6.07) is 0. The van der Waals surface area contributed by atoms with E-state index in [-0.39, 0.29) is 30.7 Å². The second-order valence-corrected chi connectivity index (χ2v) is 4.45. The molecule has 0 bridgehead atoms. The van der Waals surface area contributed by atoms with Gasteiger partial charge in [0.25, 0.3) is 0 Å². The summed E-state index contributed by atoms with van der Waals surface area (Å²) < 4.78 is 11.2. The highest BCUT2D eigenvalue weighted by Gasteiger charge is 2.25. The molecule has 15 heavy (non-hydrogen) atoms. The third-order valence-corrected chi connectivity index (χ3v) is 2.66. The smallest absolute Gasteiger partial charge is 0.158 e. The van der Waals surface area contributed by atoms with Gasteiger partial charge in [-0.2, -0.15) is 0 Å². The summed E-state index contributed by atoms with van der Waals surface area (Å²) in [5, 5.41) is 0. The molecule has 0 saturated carbocycles. The quantitative estimate of drug-likeness (QED) is 0.704. The predicted octanol–water partition coefficient (Wildman–Crippen LogP) is 2.33. The lowest BCUT2D eigenvalue weighted by Crippen LogP contribution is -2.35. The van der Waals surface area contributed by atoms with Crippen LogP contribution in [0.25, 0.3) is 0 Å². The topological polar surface area (TPSA) is 35.5 Å². The van der Waals surface area contributed by atoms with Crippen LogP contribution in [0.2, 0.25) is 0 Å². The fourth-order valence-electron chi connectivity index (χ4n) is 2.04. The van der Waals surface area contributed by atoms with Crippen LogP contribution in [0.5, 0.6) is 0 Å². The Balaban J connectivity index is 2.23. The van der Waals surface area contributed by atoms with Crippen molar-refractivity contribution in [3.8, 4) is 0 Å². The van der Waals surface area contributed by atoms with Gasteiger partial charge in [0.2, 0.25) is 0 Å². The molecular weight excluding hydrogens is 192 g/mol. The second-order valence-electron chi connectivity index (χ2n) is 4.45. The van der Waals surface area contributed by atoms with Crippen LogP contribution in [0, 0.1) is 0 Å². The van der Waals surface area contributed by atoms with Crippen molar-refractivity contribution in [2.45, 2.75) is 64.8 Å². The Hall–Kier alpha value is -0.410. The SMILES string of the molecule is CCCC(=O)COC1CC(C)OC(C)C1. The summed E-state index contributed by atoms with van der Waals surface area (Å²) in [5.41, 5.74) is 0. The molecule has 1 heterocycles. The highest BCUT2D eigenvalue weighted by Crippen LogP contribution is 2.21. The maximum absolute atomic E-state index is 11.3. The molecule has 1 aliphatic rings. The number of Topliss-reactive ketones (excluding diaryl/α,β-unsaturated/α-hetero) is 1. The first kappa shape index (κ1) is 12.7. The van der Waals surface area contributed by atoms with Crippen molar-refractivity contribution in [2.24, 2.45) is 0 Å². The second kappa shape index (κ2) is 6.23. The molecule has 0 aromatic rings. The average molecular weight is 214 g/mol. The van der Waals surface area contributed by atoms with E-state index >= 15 is 0 Å². The van der Waals surface area contributed by atoms with Crippen LogP contribution in [0.4, 0.5) is 0 Å². The highest BCUT2D eigenvalue weighted by atomic mass is 16.5. The maximum atomic E-state index is 11.3. The van der Waals surface area contributed by atoms with Crippen LogP contribution >= 0.6 is 0 Å². The van der Waals surface area contributed by atoms with Gasteiger partial charge in [0.05, 0.1) is 18.3 Å². The molecule has 0 aliphatic carbocycles. The molecule has 0 radical (unpaired) electrons. The molecule has 0 spiro atoms. The minimum atomic E-state index is 0.199. The first-order chi connectivity index (χ1) is 7.11. The van der Waals surface area contributed by atoms with Crippen LogP contribution in [-0.2, 0) is 14.3 Å². The number of hydrogen-bond donors (Lipinski definition) is 0. The van der Waals surface area contributed by atoms with Gasteiger partial charge in [-0.3, -0.25) is 4.79 Å². The average Bonchev–Trinajstić information content (AvgIpc) is 2.14. The van der Waals surface area contributed by atoms with E-state index in [1.54, 1.807) is 0 Å². The number of carbonyl (C=O) groups is 1. The van der Waals surface area contributed by atoms with Crippen LogP contribution in [0.3, 0.4) is 0 Å². The van der Waals surface area contributed by atoms with E-state index in [0.717, 1.165) is 19.3 Å². The lowest BCUT2D eigenvalue weighted by Gasteiger charge is -2.31. The number of carbonyl (C=O) groups excluding carboxylic acids is 1. The van der Waals surface area contributed by atoms with Gasteiger partial charge in [0, 0.05) is 6.42 Å². The Morgan fingerprint density at radius 3 is 2.47 bits per heavy atom. The van der Waals surface area contributed by atoms with Gasteiger partial charge >= 0.3 is 0 Å². The van der Waals surface area contributed by atoms with Gasteiger partial charge in [-0.05, 0) is 33.1 Å². The molecule has 1 fully saturated rings. The van der Waals surface area contributed by atoms with Crippen molar-refractivity contribution in [1.29, 1.82) is 0 Å². The third kappa shape index (κ3) is 4.76. The van der Waals surface area contributed by atoms with E-state index < -0.39 is 0 Å². The van der Waals surface area contributed by atoms with E-state index in [2.05, 4.69) is 13.8 Å². The Morgan fingerprint density at radius 2 is 1.93 bits per heavy atom. The van der Waals surface area contributed by atoms with Gasteiger partial charge in [0.15, 0.2) is 5.78 Å². The minimum absolute atomic E-state index is 0.199. The fraction of sp³-hybridized carbons (Fsp3) is 0.917. The Bertz CT molecular complexity index is 193. The molecule has 0 amide bonds. The summed E-state index contributed by atoms with van der Waals surface area (Å²) in [7, 11) is 0. The van der Waals surface area contributed by atoms with Gasteiger partial charge in [0.1, 0.15) is 6.61 Å². The summed E-state index contributed by atoms with van der Waals surface area (Å²) in [4.78, 5) is 11.3. The first-order valence-electron chi connectivity index (χ1n) is 5.90. The first-order valence-corrected chi connectivity index (χ1v) is 5.90. The van der Waals surface area contributed by atoms with E-state index in [0.29, 0.717) is 6.42 Å². The zero-order valence-corrected chi connectivity index (χ0v) is 9.99. The van der Waals surface area contributed by atoms with Gasteiger partial charge in [-0.15, -0.1) is 0 Å². The van der Waals surface area contributed by atoms with Gasteiger partial charge in [-0.25, -0.2) is 0 Å². The third-order valence-electron chi connectivity index (χ3n) is 2.66. The van der Waals surface area contributed by atoms with Gasteiger partial charge in [-0.1, -0.05) is 6.92 Å². The van der Waals surface area contributed by atoms with E-state index in [1.165, 1.54) is 0 Å². The standard InChI is InChI=1S/C12H22O3/c1-4-5-11(13)8-14-12-6-9(2)15-10(3)7-12/h9-10,12H,4-8H2,1-3H3. The number of ketones is 1. The molecule has 2 unspecified atom stereocenters. The van der Waals surface area contributed by atoms with Crippen LogP contribution < -0.4 is 0 Å². The van der Waals surface area contributed by atoms with Crippen molar-refractivity contribution in [3.63, 3.8) is 0 Å². The lowest BCUT2D eigenvalue weighted by molar-refractivity contribution is -0.134. The molecule has 3 heteroatoms. The Morgan fingerprint density at radius 1 is 1.33 bits per heavy atom. The van der Waals surface area contributed by atoms with Crippen molar-refractivity contribution in [2.75, 3.05) is 6.61 Å². The minimum Gasteiger partial charge on any atom is -0.375 e. The molecule has 1 saturated heterocycles. The maximum Gasteiger partial charge on any atom is 0.158 e. The zero-order chi connectivity index (χ0) is 11.3. The van der Waals surface area contributed by atoms with Crippen molar-refractivity contribution in [1.82, 2.24) is 0 Å². The van der Waals surface area contributed by atoms with E-state index in [4.69, 9.17) is 9.47 Å². The van der Waals surface area contributed by atoms with Crippen molar-refractivity contribution >= 4 is 5.78 Å². The zero-order valence-electron chi connectivity index (χ0n) is 9.99. The summed E-state index contributed by atoms with van der Waals surface area (Å²) in [6.07, 6.45) is 4.05. The largest absolute Gasteiger partial charge is 0.375 e. The molecule has 0 aromatic heterocycles. The Labute approximate surface area is 92.1 Å².